The van der Waals surface area contributed by atoms with Crippen molar-refractivity contribution in [2.75, 3.05) is 11.6 Å². The monoisotopic (exact) mass is 434 g/mol. The summed E-state index contributed by atoms with van der Waals surface area (Å²) in [7, 11) is 0. The van der Waals surface area contributed by atoms with Gasteiger partial charge in [0.2, 0.25) is 0 Å². The molecule has 2 aliphatic rings. The van der Waals surface area contributed by atoms with E-state index in [4.69, 9.17) is 4.74 Å². The van der Waals surface area contributed by atoms with E-state index in [9.17, 15) is 0 Å². The summed E-state index contributed by atoms with van der Waals surface area (Å²) in [5, 5.41) is 1.97. The van der Waals surface area contributed by atoms with E-state index in [2.05, 4.69) is 76.3 Å². The highest BCUT2D eigenvalue weighted by molar-refractivity contribution is 5.69. The van der Waals surface area contributed by atoms with Crippen LogP contribution in [0.2, 0.25) is 0 Å². The fraction of sp³-hybridized carbons (Fsp3) is 0.179. The molecule has 0 fully saturated rings. The van der Waals surface area contributed by atoms with Gasteiger partial charge in [0.15, 0.2) is 0 Å². The highest BCUT2D eigenvalue weighted by Crippen LogP contribution is 2.30. The van der Waals surface area contributed by atoms with Gasteiger partial charge in [0.25, 0.3) is 0 Å². The molecule has 0 saturated carbocycles. The van der Waals surface area contributed by atoms with Gasteiger partial charge in [-0.2, -0.15) is 0 Å². The normalized spacial score (nSPS) is 16.8. The average molecular weight is 435 g/mol. The third-order valence-corrected chi connectivity index (χ3v) is 5.80. The third kappa shape index (κ3) is 5.08. The lowest BCUT2D eigenvalue weighted by Crippen LogP contribution is -2.36. The summed E-state index contributed by atoms with van der Waals surface area (Å²) in [5.41, 5.74) is 12.0. The first-order chi connectivity index (χ1) is 16.4. The van der Waals surface area contributed by atoms with Gasteiger partial charge in [0, 0.05) is 36.7 Å². The van der Waals surface area contributed by atoms with E-state index in [1.165, 1.54) is 11.1 Å². The molecule has 2 heterocycles. The van der Waals surface area contributed by atoms with Crippen molar-refractivity contribution in [1.82, 2.24) is 15.9 Å². The van der Waals surface area contributed by atoms with Crippen LogP contribution in [0.3, 0.4) is 0 Å². The number of pyridine rings is 1. The van der Waals surface area contributed by atoms with Crippen molar-refractivity contribution in [3.63, 3.8) is 0 Å². The molecule has 2 N–H and O–H groups in total. The van der Waals surface area contributed by atoms with Gasteiger partial charge < -0.3 is 10.2 Å². The molecule has 0 saturated heterocycles. The Labute approximate surface area is 194 Å². The van der Waals surface area contributed by atoms with E-state index >= 15 is 0 Å². The van der Waals surface area contributed by atoms with Crippen molar-refractivity contribution in [1.29, 1.82) is 0 Å². The Balaban J connectivity index is 1.12. The molecule has 1 aliphatic carbocycles. The number of anilines is 1. The second-order valence-corrected chi connectivity index (χ2v) is 8.04. The molecule has 33 heavy (non-hydrogen) atoms. The maximum atomic E-state index is 6.15. The quantitative estimate of drug-likeness (QED) is 0.389. The first kappa shape index (κ1) is 20.9. The van der Waals surface area contributed by atoms with Crippen molar-refractivity contribution in [2.24, 2.45) is 0 Å². The van der Waals surface area contributed by atoms with Crippen LogP contribution in [0.1, 0.15) is 35.4 Å². The average Bonchev–Trinajstić information content (AvgIpc) is 3.39. The summed E-state index contributed by atoms with van der Waals surface area (Å²) in [6.07, 6.45) is 10.3. The number of nitrogens with one attached hydrogen (secondary N) is 2. The van der Waals surface area contributed by atoms with E-state index in [1.54, 1.807) is 6.20 Å². The molecule has 0 radical (unpaired) electrons. The van der Waals surface area contributed by atoms with Gasteiger partial charge in [-0.15, -0.1) is 5.53 Å². The Bertz CT molecular complexity index is 1190. The molecule has 164 valence electrons. The smallest absolute Gasteiger partial charge is 0.113 e. The third-order valence-electron chi connectivity index (χ3n) is 5.80. The lowest BCUT2D eigenvalue weighted by molar-refractivity contribution is 0.190. The lowest BCUT2D eigenvalue weighted by Gasteiger charge is -2.21. The van der Waals surface area contributed by atoms with Crippen LogP contribution in [0.25, 0.3) is 5.70 Å². The maximum Gasteiger partial charge on any atom is 0.113 e. The number of hydrogen-bond acceptors (Lipinski definition) is 5. The van der Waals surface area contributed by atoms with Crippen LogP contribution >= 0.6 is 0 Å². The molecular formula is C28H26N4O. The summed E-state index contributed by atoms with van der Waals surface area (Å²) in [6.45, 7) is 0.688. The molecule has 5 heteroatoms. The van der Waals surface area contributed by atoms with Crippen molar-refractivity contribution in [3.05, 3.63) is 114 Å². The molecule has 1 unspecified atom stereocenters. The predicted octanol–water partition coefficient (Wildman–Crippen LogP) is 4.93. The molecular weight excluding hydrogens is 408 g/mol. The van der Waals surface area contributed by atoms with E-state index in [0.717, 1.165) is 42.0 Å². The van der Waals surface area contributed by atoms with E-state index in [-0.39, 0.29) is 5.92 Å². The number of allylic oxidation sites excluding steroid dienone is 2. The Morgan fingerprint density at radius 3 is 2.73 bits per heavy atom. The second kappa shape index (κ2) is 10.1. The van der Waals surface area contributed by atoms with Crippen molar-refractivity contribution in [2.45, 2.75) is 25.2 Å². The number of benzene rings is 2. The first-order valence-corrected chi connectivity index (χ1v) is 11.2. The lowest BCUT2D eigenvalue weighted by atomic mass is 9.92. The Morgan fingerprint density at radius 1 is 1.03 bits per heavy atom. The highest BCUT2D eigenvalue weighted by Gasteiger charge is 2.19. The maximum absolute atomic E-state index is 6.15. The molecule has 5 rings (SSSR count). The molecule has 1 aliphatic heterocycles. The van der Waals surface area contributed by atoms with Crippen molar-refractivity contribution < 1.29 is 4.74 Å². The van der Waals surface area contributed by atoms with E-state index in [1.807, 2.05) is 41.7 Å². The number of aryl methyl sites for hydroxylation is 1. The minimum absolute atomic E-state index is 0.234. The summed E-state index contributed by atoms with van der Waals surface area (Å²) in [6, 6.07) is 23.0. The molecule has 0 spiro atoms. The zero-order valence-corrected chi connectivity index (χ0v) is 18.4. The Morgan fingerprint density at radius 2 is 1.91 bits per heavy atom. The molecule has 0 bridgehead atoms. The number of aromatic nitrogens is 1. The SMILES string of the molecule is C1#CCC(c2ccccc2)C(OCCCc2ccc(N3C=C(c4cccnc4)NN3)cc2)=C1. The standard InChI is InChI=1S/C28H26N4O/c1-2-9-23(10-3-1)26-12-4-5-13-28(26)33-19-7-8-22-14-16-25(17-15-22)32-21-27(30-31-32)24-11-6-18-29-20-24/h1-3,6,9-11,13-18,20-21,26,30-31H,7-8,12,19H2. The first-order valence-electron chi connectivity index (χ1n) is 11.2. The van der Waals surface area contributed by atoms with Gasteiger partial charge in [0.05, 0.1) is 23.9 Å². The van der Waals surface area contributed by atoms with Gasteiger partial charge in [-0.25, -0.2) is 0 Å². The topological polar surface area (TPSA) is 49.4 Å². The van der Waals surface area contributed by atoms with Crippen LogP contribution < -0.4 is 16.0 Å². The van der Waals surface area contributed by atoms with E-state index in [0.29, 0.717) is 6.61 Å². The Hall–Kier alpha value is -4.01. The summed E-state index contributed by atoms with van der Waals surface area (Å²) in [5.74, 6) is 7.49. The minimum atomic E-state index is 0.234. The van der Waals surface area contributed by atoms with Gasteiger partial charge in [-0.3, -0.25) is 9.99 Å². The zero-order valence-electron chi connectivity index (χ0n) is 18.4. The van der Waals surface area contributed by atoms with Crippen LogP contribution in [0.5, 0.6) is 0 Å². The number of nitrogens with zero attached hydrogens (tertiary/aromatic N) is 2. The fourth-order valence-corrected chi connectivity index (χ4v) is 4.01. The van der Waals surface area contributed by atoms with Gasteiger partial charge >= 0.3 is 0 Å². The molecule has 5 nitrogen and oxygen atoms in total. The molecule has 2 aromatic carbocycles. The number of hydrogen-bond donors (Lipinski definition) is 2. The van der Waals surface area contributed by atoms with Crippen molar-refractivity contribution >= 4 is 11.4 Å². The van der Waals surface area contributed by atoms with Crippen LogP contribution in [-0.2, 0) is 11.2 Å². The van der Waals surface area contributed by atoms with Crippen LogP contribution in [-0.4, -0.2) is 11.6 Å². The van der Waals surface area contributed by atoms with Crippen LogP contribution in [0, 0.1) is 11.8 Å². The summed E-state index contributed by atoms with van der Waals surface area (Å²) >= 11 is 0. The predicted molar refractivity (Wildman–Crippen MR) is 131 cm³/mol. The molecule has 0 amide bonds. The Kier molecular flexibility index (Phi) is 6.37. The molecule has 3 aromatic rings. The van der Waals surface area contributed by atoms with Crippen LogP contribution in [0.15, 0.2) is 97.2 Å². The van der Waals surface area contributed by atoms with E-state index < -0.39 is 0 Å². The summed E-state index contributed by atoms with van der Waals surface area (Å²) < 4.78 is 6.15. The highest BCUT2D eigenvalue weighted by atomic mass is 16.5. The van der Waals surface area contributed by atoms with Gasteiger partial charge in [-0.05, 0) is 48.2 Å². The fourth-order valence-electron chi connectivity index (χ4n) is 4.01. The number of hydrazine groups is 2. The largest absolute Gasteiger partial charge is 0.497 e. The minimum Gasteiger partial charge on any atom is -0.497 e. The molecule has 1 atom stereocenters. The zero-order chi connectivity index (χ0) is 22.3. The summed E-state index contributed by atoms with van der Waals surface area (Å²) in [4.78, 5) is 4.18. The van der Waals surface area contributed by atoms with Gasteiger partial charge in [-0.1, -0.05) is 54.3 Å². The van der Waals surface area contributed by atoms with Crippen LogP contribution in [0.4, 0.5) is 5.69 Å². The van der Waals surface area contributed by atoms with Crippen molar-refractivity contribution in [3.8, 4) is 11.8 Å². The number of ether oxygens (including phenoxy) is 1. The van der Waals surface area contributed by atoms with Gasteiger partial charge in [0.1, 0.15) is 5.76 Å². The molecule has 1 aromatic heterocycles. The second-order valence-electron chi connectivity index (χ2n) is 8.04. The number of rotatable bonds is 8.